The summed E-state index contributed by atoms with van der Waals surface area (Å²) in [6.07, 6.45) is 0. The molecule has 0 bridgehead atoms. The van der Waals surface area contributed by atoms with Crippen LogP contribution in [0.15, 0.2) is 0 Å². The molecule has 0 radical (unpaired) electrons. The second kappa shape index (κ2) is 3.49. The van der Waals surface area contributed by atoms with Crippen molar-refractivity contribution in [3.63, 3.8) is 0 Å². The summed E-state index contributed by atoms with van der Waals surface area (Å²) < 4.78 is 8.99. The molecule has 0 amide bonds. The van der Waals surface area contributed by atoms with Crippen molar-refractivity contribution >= 4 is 7.92 Å². The number of hydrogen-bond acceptors (Lipinski definition) is 6. The van der Waals surface area contributed by atoms with Crippen molar-refractivity contribution in [2.45, 2.75) is 11.9 Å². The Labute approximate surface area is 75.2 Å². The van der Waals surface area contributed by atoms with E-state index in [0.717, 1.165) is 14.1 Å². The van der Waals surface area contributed by atoms with Gasteiger partial charge in [0.15, 0.2) is 0 Å². The molecule has 0 atom stereocenters. The van der Waals surface area contributed by atoms with Crippen LogP contribution in [-0.2, 0) is 4.57 Å². The van der Waals surface area contributed by atoms with Gasteiger partial charge in [-0.1, -0.05) is 0 Å². The summed E-state index contributed by atoms with van der Waals surface area (Å²) >= 11 is 0. The number of rotatable bonds is 2. The third-order valence-corrected chi connectivity index (χ3v) is 2.10. The number of likely N-dealkylation sites (N-methyl/N-ethyl adjacent to an activating group) is 1. The first-order chi connectivity index (χ1) is 5.56. The fraction of sp³-hybridized carbons (Fsp3) is 0.800. The van der Waals surface area contributed by atoms with E-state index in [1.165, 1.54) is 0 Å². The Balaban J connectivity index is 5.23. The Bertz CT molecular complexity index is 286. The SMILES string of the molecule is C[N+](C)(C#P=O)C(O)(O)C(O)(O)O. The summed E-state index contributed by atoms with van der Waals surface area (Å²) in [6, 6.07) is 0. The van der Waals surface area contributed by atoms with Gasteiger partial charge in [-0.25, -0.2) is 0 Å². The van der Waals surface area contributed by atoms with E-state index in [9.17, 15) is 4.57 Å². The van der Waals surface area contributed by atoms with Crippen molar-refractivity contribution in [3.8, 4) is 5.75 Å². The normalized spacial score (nSPS) is 13.8. The van der Waals surface area contributed by atoms with Crippen molar-refractivity contribution in [2.24, 2.45) is 0 Å². The topological polar surface area (TPSA) is 118 Å². The Morgan fingerprint density at radius 2 is 1.54 bits per heavy atom. The Kier molecular flexibility index (Phi) is 3.43. The maximum atomic E-state index is 10.1. The molecule has 0 heterocycles. The van der Waals surface area contributed by atoms with Crippen LogP contribution < -0.4 is 0 Å². The second-order valence-corrected chi connectivity index (χ2v) is 3.30. The molecule has 0 rings (SSSR count). The average molecular weight is 212 g/mol. The van der Waals surface area contributed by atoms with Crippen LogP contribution in [0.5, 0.6) is 0 Å². The van der Waals surface area contributed by atoms with Crippen LogP contribution in [0.25, 0.3) is 0 Å². The maximum absolute atomic E-state index is 10.1. The summed E-state index contributed by atoms with van der Waals surface area (Å²) in [4.78, 5) is 0. The van der Waals surface area contributed by atoms with Crippen molar-refractivity contribution < 1.29 is 34.6 Å². The van der Waals surface area contributed by atoms with Gasteiger partial charge in [-0.3, -0.25) is 0 Å². The Morgan fingerprint density at radius 3 is 1.77 bits per heavy atom. The van der Waals surface area contributed by atoms with Gasteiger partial charge >= 0.3 is 74.2 Å². The average Bonchev–Trinajstić information content (AvgIpc) is 1.84. The molecule has 0 aromatic heterocycles. The molecule has 7 nitrogen and oxygen atoms in total. The van der Waals surface area contributed by atoms with Gasteiger partial charge in [0, 0.05) is 0 Å². The van der Waals surface area contributed by atoms with Crippen molar-refractivity contribution in [1.29, 1.82) is 0 Å². The molecule has 0 spiro atoms. The number of nitrogens with zero attached hydrogens (tertiary/aromatic N) is 1. The van der Waals surface area contributed by atoms with Gasteiger partial charge < -0.3 is 0 Å². The first-order valence-electron chi connectivity index (χ1n) is 3.12. The van der Waals surface area contributed by atoms with Gasteiger partial charge in [0.2, 0.25) is 0 Å². The van der Waals surface area contributed by atoms with Crippen LogP contribution in [-0.4, -0.2) is 56.0 Å². The van der Waals surface area contributed by atoms with Gasteiger partial charge in [-0.05, 0) is 0 Å². The summed E-state index contributed by atoms with van der Waals surface area (Å²) in [7, 11) is 1.41. The molecule has 0 saturated heterocycles. The van der Waals surface area contributed by atoms with Crippen LogP contribution in [0.4, 0.5) is 0 Å². The summed E-state index contributed by atoms with van der Waals surface area (Å²) in [6.45, 7) is 0. The quantitative estimate of drug-likeness (QED) is 0.197. The van der Waals surface area contributed by atoms with E-state index >= 15 is 0 Å². The van der Waals surface area contributed by atoms with Gasteiger partial charge in [0.1, 0.15) is 0 Å². The van der Waals surface area contributed by atoms with E-state index in [1.54, 1.807) is 0 Å². The molecule has 0 aromatic carbocycles. The van der Waals surface area contributed by atoms with Crippen molar-refractivity contribution in [3.05, 3.63) is 0 Å². The van der Waals surface area contributed by atoms with E-state index in [4.69, 9.17) is 25.5 Å². The van der Waals surface area contributed by atoms with Gasteiger partial charge in [-0.15, -0.1) is 0 Å². The molecule has 0 aliphatic rings. The zero-order valence-corrected chi connectivity index (χ0v) is 7.93. The van der Waals surface area contributed by atoms with Crippen LogP contribution in [0.2, 0.25) is 0 Å². The fourth-order valence-corrected chi connectivity index (χ4v) is 0.890. The summed E-state index contributed by atoms with van der Waals surface area (Å²) in [5.74, 6) is -5.13. The predicted molar refractivity (Wildman–Crippen MR) is 40.2 cm³/mol. The van der Waals surface area contributed by atoms with E-state index < -0.39 is 24.3 Å². The zero-order chi connectivity index (χ0) is 10.9. The molecular weight excluding hydrogens is 201 g/mol. The zero-order valence-electron chi connectivity index (χ0n) is 7.04. The van der Waals surface area contributed by atoms with E-state index in [-0.39, 0.29) is 0 Å². The molecule has 76 valence electrons. The molecule has 0 fully saturated rings. The van der Waals surface area contributed by atoms with Gasteiger partial charge in [-0.2, -0.15) is 0 Å². The minimum absolute atomic E-state index is 0.674. The van der Waals surface area contributed by atoms with Crippen molar-refractivity contribution in [1.82, 2.24) is 0 Å². The Hall–Kier alpha value is -0.230. The van der Waals surface area contributed by atoms with E-state index in [1.807, 2.05) is 5.75 Å². The van der Waals surface area contributed by atoms with Crippen LogP contribution in [0.1, 0.15) is 0 Å². The third kappa shape index (κ3) is 2.37. The number of hydrogen-bond donors (Lipinski definition) is 5. The second-order valence-electron chi connectivity index (χ2n) is 2.92. The first kappa shape index (κ1) is 12.8. The summed E-state index contributed by atoms with van der Waals surface area (Å²) in [5, 5.41) is 43.8. The molecule has 13 heavy (non-hydrogen) atoms. The predicted octanol–water partition coefficient (Wildman–Crippen LogP) is -2.46. The van der Waals surface area contributed by atoms with Crippen LogP contribution in [0, 0.1) is 5.75 Å². The van der Waals surface area contributed by atoms with Gasteiger partial charge in [0.05, 0.1) is 0 Å². The monoisotopic (exact) mass is 212 g/mol. The van der Waals surface area contributed by atoms with Crippen LogP contribution in [0.3, 0.4) is 0 Å². The number of quaternary nitrogens is 1. The minimum atomic E-state index is -3.74. The Morgan fingerprint density at radius 1 is 1.15 bits per heavy atom. The molecule has 0 unspecified atom stereocenters. The molecular formula is C5H11NO6P+. The molecule has 0 aromatic rings. The summed E-state index contributed by atoms with van der Waals surface area (Å²) in [5.41, 5.74) is 0. The molecule has 0 saturated carbocycles. The fourth-order valence-electron chi connectivity index (χ4n) is 0.547. The molecule has 5 N–H and O–H groups in total. The molecule has 0 aliphatic heterocycles. The standard InChI is InChI=1S/C5H11NO6P/c1-6(2,3-13-12)4(7,8)5(9,10)11/h7-11H,1-2H3/q+1. The molecule has 0 aliphatic carbocycles. The van der Waals surface area contributed by atoms with E-state index in [0.29, 0.717) is 0 Å². The molecule has 8 heteroatoms. The third-order valence-electron chi connectivity index (χ3n) is 1.52. The van der Waals surface area contributed by atoms with Crippen molar-refractivity contribution in [2.75, 3.05) is 14.1 Å². The van der Waals surface area contributed by atoms with Gasteiger partial charge in [0.25, 0.3) is 0 Å². The van der Waals surface area contributed by atoms with E-state index in [2.05, 4.69) is 0 Å². The number of aliphatic hydroxyl groups is 5. The van der Waals surface area contributed by atoms with Crippen LogP contribution >= 0.6 is 7.92 Å². The first-order valence-corrected chi connectivity index (χ1v) is 3.93.